The van der Waals surface area contributed by atoms with Crippen molar-refractivity contribution in [2.75, 3.05) is 139 Å². The Morgan fingerprint density at radius 3 is 1.45 bits per heavy atom. The van der Waals surface area contributed by atoms with Crippen LogP contribution in [0.5, 0.6) is 28.7 Å². The molecule has 3 fully saturated rings. The molecule has 10 aromatic rings. The van der Waals surface area contributed by atoms with Crippen LogP contribution in [0.3, 0.4) is 0 Å². The minimum Gasteiger partial charge on any atom is -0.870 e. The number of aromatic nitrogens is 4. The number of pyridine rings is 4. The monoisotopic (exact) mass is 1820 g/mol. The molecule has 40 heteroatoms. The number of piperazine rings is 2. The van der Waals surface area contributed by atoms with Crippen LogP contribution < -0.4 is 78.8 Å². The Kier molecular flexibility index (Phi) is 44.1. The van der Waals surface area contributed by atoms with Gasteiger partial charge in [-0.3, -0.25) is 9.52 Å². The van der Waals surface area contributed by atoms with Crippen LogP contribution in [0.15, 0.2) is 204 Å². The molecular formula is C83H94Cl5LiN12O20S2. The molecule has 4 aromatic heterocycles. The van der Waals surface area contributed by atoms with Gasteiger partial charge in [0.05, 0.1) is 83.8 Å². The van der Waals surface area contributed by atoms with Crippen LogP contribution in [0, 0.1) is 0 Å². The Balaban J connectivity index is 0.000000269. The number of hydrogen-bond acceptors (Lipinski definition) is 29. The van der Waals surface area contributed by atoms with Gasteiger partial charge in [0.15, 0.2) is 6.29 Å². The minimum atomic E-state index is -4.00. The molecule has 1 atom stereocenters. The van der Waals surface area contributed by atoms with Crippen molar-refractivity contribution in [1.82, 2.24) is 30.2 Å². The number of nitrogen functional groups attached to an aromatic ring is 1. The summed E-state index contributed by atoms with van der Waals surface area (Å²) in [4.78, 5) is 68.2. The van der Waals surface area contributed by atoms with Crippen LogP contribution >= 0.6 is 57.1 Å². The van der Waals surface area contributed by atoms with E-state index in [0.29, 0.717) is 95.1 Å². The molecule has 6 aromatic carbocycles. The summed E-state index contributed by atoms with van der Waals surface area (Å²) in [5, 5.41) is 37.9. The number of carboxylic acids is 1. The summed E-state index contributed by atoms with van der Waals surface area (Å²) in [7, 11) is 6.23. The van der Waals surface area contributed by atoms with Crippen LogP contribution in [0.2, 0.25) is 20.1 Å². The van der Waals surface area contributed by atoms with E-state index in [9.17, 15) is 41.1 Å². The van der Waals surface area contributed by atoms with Gasteiger partial charge in [0, 0.05) is 156 Å². The second kappa shape index (κ2) is 52.7. The van der Waals surface area contributed by atoms with E-state index in [-0.39, 0.29) is 80.5 Å². The molecule has 3 saturated heterocycles. The number of aromatic carboxylic acids is 1. The number of para-hydroxylation sites is 3. The number of hydrogen-bond donors (Lipinski definition) is 8. The molecule has 123 heavy (non-hydrogen) atoms. The molecule has 0 aliphatic carbocycles. The number of anilines is 6. The zero-order valence-corrected chi connectivity index (χ0v) is 73.8. The Bertz CT molecular complexity index is 5230. The van der Waals surface area contributed by atoms with Gasteiger partial charge < -0.3 is 95.1 Å². The molecular weight excluding hydrogens is 1730 g/mol. The number of carbonyl (C=O) groups is 4. The van der Waals surface area contributed by atoms with Crippen molar-refractivity contribution in [1.29, 1.82) is 0 Å². The van der Waals surface area contributed by atoms with Crippen LogP contribution in [-0.4, -0.2) is 201 Å². The Labute approximate surface area is 750 Å². The number of rotatable bonds is 23. The first-order chi connectivity index (χ1) is 58.0. The van der Waals surface area contributed by atoms with Gasteiger partial charge in [-0.2, -0.15) is 0 Å². The number of methoxy groups -OCH3 is 6. The molecule has 0 saturated carbocycles. The largest absolute Gasteiger partial charge is 1.00 e. The summed E-state index contributed by atoms with van der Waals surface area (Å²) >= 11 is 23.5. The number of halogens is 5. The van der Waals surface area contributed by atoms with Crippen molar-refractivity contribution in [3.05, 3.63) is 254 Å². The summed E-state index contributed by atoms with van der Waals surface area (Å²) in [5.41, 5.74) is 11.7. The minimum absolute atomic E-state index is 0. The van der Waals surface area contributed by atoms with E-state index in [0.717, 1.165) is 85.3 Å². The van der Waals surface area contributed by atoms with Crippen molar-refractivity contribution in [2.45, 2.75) is 55.5 Å². The quantitative estimate of drug-likeness (QED) is 0.0167. The number of aliphatic hydroxyl groups excluding tert-OH is 2. The van der Waals surface area contributed by atoms with Gasteiger partial charge in [0.1, 0.15) is 61.8 Å². The first-order valence-corrected chi connectivity index (χ1v) is 42.3. The third-order valence-electron chi connectivity index (χ3n) is 17.5. The molecule has 0 bridgehead atoms. The normalized spacial score (nSPS) is 13.1. The SMILES string of the molecule is CCOC(=O)c1ccc(NCc2cc(Cl)ccc2OC)nc1.COC(=O)c1ccc(N)nc1.COc1ccc(Cl)cc1CNc1ccc(C(=O)O)cn1.COc1ccc(Cl)cc1S(=O)(=O)Cl.COc1ccccc1N1CCN(C(=O)c2ccc(NS(=O)(=O)c3cc(Cl)ccc3OC)nc2)CC1.OC1CCCO1.OCc1ccccc1N1CCNCC1.[Li+].[OH-]. The fourth-order valence-electron chi connectivity index (χ4n) is 11.4. The number of carbonyl (C=O) groups excluding carboxylic acids is 3. The van der Waals surface area contributed by atoms with Crippen molar-refractivity contribution >= 4 is 135 Å². The van der Waals surface area contributed by atoms with E-state index in [1.54, 1.807) is 93.8 Å². The predicted molar refractivity (Wildman–Crippen MR) is 468 cm³/mol. The molecule has 13 rings (SSSR count). The van der Waals surface area contributed by atoms with Gasteiger partial charge in [-0.15, -0.1) is 0 Å². The number of aliphatic hydroxyl groups is 2. The standard InChI is InChI=1S/C24H25ClN4O5S.C16H17ClN2O3.C14H13ClN2O3.C11H16N2O.C7H6Cl2O3S.C7H8N2O2.C4H8O2.Li.H2O/c1-33-20-6-4-3-5-19(20)28-11-13-29(14-12-28)24(30)17-7-10-23(26-16-17)27-35(31,32)22-15-18(25)8-9-21(22)34-2;1-3-22-16(20)11-4-7-15(18-9-11)19-10-12-8-13(17)5-6-14(12)21-2;1-20-12-4-3-11(15)6-10(12)8-17-13-5-2-9(7-16-13)14(18)19;14-9-10-3-1-2-4-11(10)13-7-5-12-6-8-13;1-12-6-3-2-5(8)4-7(6)13(9,10)11;1-11-7(10)5-2-3-6(8)9-4-5;5-4-2-1-3-6-4;;/h3-10,15-16H,11-14H2,1-2H3,(H,26,27);4-9H,3,10H2,1-2H3,(H,18,19);2-7H,8H2,1H3,(H,16,17)(H,18,19);1-4,12,14H,5-9H2;2-4H,1H3;2-4H,1H3,(H2,8,9);4-5H,1-3H2;;1H2/q;;;;;;;+1;/p-1. The summed E-state index contributed by atoms with van der Waals surface area (Å²) in [6.07, 6.45) is 6.91. The number of nitrogens with zero attached hydrogens (tertiary/aromatic N) is 7. The van der Waals surface area contributed by atoms with Crippen molar-refractivity contribution in [3.8, 4) is 28.7 Å². The number of nitrogens with two attached hydrogens (primary N) is 1. The molecule has 654 valence electrons. The van der Waals surface area contributed by atoms with Gasteiger partial charge in [-0.1, -0.05) is 76.7 Å². The average molecular weight is 1830 g/mol. The number of esters is 2. The molecule has 0 radical (unpaired) electrons. The molecule has 1 amide bonds. The van der Waals surface area contributed by atoms with E-state index in [1.165, 1.54) is 100 Å². The molecule has 1 unspecified atom stereocenters. The fourth-order valence-corrected chi connectivity index (χ4v) is 14.5. The molecule has 7 heterocycles. The van der Waals surface area contributed by atoms with Crippen LogP contribution in [-0.2, 0) is 53.0 Å². The third-order valence-corrected chi connectivity index (χ3v) is 21.1. The van der Waals surface area contributed by atoms with E-state index < -0.39 is 37.3 Å². The second-order valence-corrected chi connectivity index (χ2v) is 31.4. The van der Waals surface area contributed by atoms with Crippen molar-refractivity contribution < 1.29 is 114 Å². The first-order valence-electron chi connectivity index (χ1n) is 37.0. The number of ether oxygens (including phenoxy) is 8. The van der Waals surface area contributed by atoms with Crippen LogP contribution in [0.25, 0.3) is 0 Å². The Morgan fingerprint density at radius 2 is 0.992 bits per heavy atom. The molecule has 0 spiro atoms. The number of carboxylic acid groups (broad SMARTS) is 1. The Hall–Kier alpha value is -10.7. The second-order valence-electron chi connectivity index (χ2n) is 25.5. The van der Waals surface area contributed by atoms with Gasteiger partial charge in [0.25, 0.3) is 25.0 Å². The molecule has 3 aliphatic heterocycles. The topological polar surface area (TPSA) is 437 Å². The zero-order valence-electron chi connectivity index (χ0n) is 68.4. The molecule has 10 N–H and O–H groups in total. The van der Waals surface area contributed by atoms with Gasteiger partial charge in [0.2, 0.25) is 0 Å². The van der Waals surface area contributed by atoms with Crippen LogP contribution in [0.1, 0.15) is 77.9 Å². The maximum absolute atomic E-state index is 13.0. The molecule has 32 nitrogen and oxygen atoms in total. The van der Waals surface area contributed by atoms with Gasteiger partial charge in [-0.05, 0) is 153 Å². The van der Waals surface area contributed by atoms with Crippen LogP contribution in [0.4, 0.5) is 34.6 Å². The smallest absolute Gasteiger partial charge is 0.870 e. The number of nitrogens with one attached hydrogen (secondary N) is 4. The first kappa shape index (κ1) is 103. The summed E-state index contributed by atoms with van der Waals surface area (Å²) in [5.74, 6) is 2.35. The van der Waals surface area contributed by atoms with E-state index in [1.807, 2.05) is 54.6 Å². The van der Waals surface area contributed by atoms with Gasteiger partial charge in [-0.25, -0.2) is 51.2 Å². The number of sulfonamides is 1. The predicted octanol–water partition coefficient (Wildman–Crippen LogP) is 10.4. The maximum Gasteiger partial charge on any atom is 1.00 e. The van der Waals surface area contributed by atoms with Gasteiger partial charge >= 0.3 is 36.8 Å². The van der Waals surface area contributed by atoms with E-state index in [4.69, 9.17) is 106 Å². The summed E-state index contributed by atoms with van der Waals surface area (Å²) < 4.78 is 90.0. The van der Waals surface area contributed by atoms with E-state index in [2.05, 4.69) is 61.2 Å². The molecule has 3 aliphatic rings. The summed E-state index contributed by atoms with van der Waals surface area (Å²) in [6, 6.07) is 47.7. The maximum atomic E-state index is 13.0. The average Bonchev–Trinajstić information content (AvgIpc) is 0.884. The van der Waals surface area contributed by atoms with E-state index >= 15 is 0 Å². The third kappa shape index (κ3) is 33.2. The van der Waals surface area contributed by atoms with Crippen molar-refractivity contribution in [3.63, 3.8) is 0 Å². The number of amides is 1. The Morgan fingerprint density at radius 1 is 0.537 bits per heavy atom. The number of benzene rings is 6. The fraction of sp³-hybridized carbons (Fsp3) is 0.277. The zero-order chi connectivity index (χ0) is 88.0. The summed E-state index contributed by atoms with van der Waals surface area (Å²) in [6.45, 7) is 10.5. The van der Waals surface area contributed by atoms with Crippen molar-refractivity contribution in [2.24, 2.45) is 0 Å².